The number of primary amides is 1. The summed E-state index contributed by atoms with van der Waals surface area (Å²) in [6, 6.07) is 18.4. The summed E-state index contributed by atoms with van der Waals surface area (Å²) in [5.41, 5.74) is 5.17. The lowest BCUT2D eigenvalue weighted by Gasteiger charge is -2.37. The molecular weight excluding hydrogens is 498 g/mol. The van der Waals surface area contributed by atoms with Gasteiger partial charge in [0.1, 0.15) is 18.0 Å². The van der Waals surface area contributed by atoms with Crippen molar-refractivity contribution in [1.82, 2.24) is 9.80 Å². The van der Waals surface area contributed by atoms with Crippen LogP contribution < -0.4 is 10.5 Å². The number of ether oxygens (including phenoxy) is 3. The Hall–Kier alpha value is -3.59. The van der Waals surface area contributed by atoms with E-state index in [2.05, 4.69) is 23.5 Å². The van der Waals surface area contributed by atoms with E-state index >= 15 is 0 Å². The smallest absolute Gasteiger partial charge is 0.410 e. The van der Waals surface area contributed by atoms with Gasteiger partial charge in [-0.25, -0.2) is 9.59 Å². The molecule has 0 atom stereocenters. The fraction of sp³-hybridized carbons (Fsp3) is 0.500. The number of hydrogen-bond acceptors (Lipinski definition) is 7. The van der Waals surface area contributed by atoms with Crippen molar-refractivity contribution in [3.63, 3.8) is 0 Å². The molecule has 9 heteroatoms. The molecule has 9 nitrogen and oxygen atoms in total. The second-order valence-corrected chi connectivity index (χ2v) is 11.3. The molecule has 0 aromatic heterocycles. The highest BCUT2D eigenvalue weighted by atomic mass is 16.6. The molecular formula is C30H43N3O6. The highest BCUT2D eigenvalue weighted by Gasteiger charge is 2.28. The minimum absolute atomic E-state index is 0.129. The van der Waals surface area contributed by atoms with Gasteiger partial charge in [-0.2, -0.15) is 0 Å². The summed E-state index contributed by atoms with van der Waals surface area (Å²) in [5, 5.41) is 0. The Balaban J connectivity index is 0.000000446. The lowest BCUT2D eigenvalue weighted by Crippen LogP contribution is -2.50. The van der Waals surface area contributed by atoms with Crippen LogP contribution in [0, 0.1) is 5.41 Å². The van der Waals surface area contributed by atoms with Crippen LogP contribution in [0.5, 0.6) is 5.75 Å². The number of piperazine rings is 1. The van der Waals surface area contributed by atoms with E-state index in [-0.39, 0.29) is 17.5 Å². The molecule has 2 aromatic rings. The van der Waals surface area contributed by atoms with Crippen molar-refractivity contribution in [2.75, 3.05) is 32.7 Å². The predicted octanol–water partition coefficient (Wildman–Crippen LogP) is 5.23. The van der Waals surface area contributed by atoms with E-state index in [0.717, 1.165) is 31.6 Å². The van der Waals surface area contributed by atoms with E-state index in [1.54, 1.807) is 29.2 Å². The zero-order valence-corrected chi connectivity index (χ0v) is 23.9. The maximum Gasteiger partial charge on any atom is 0.410 e. The van der Waals surface area contributed by atoms with Gasteiger partial charge in [-0.1, -0.05) is 62.4 Å². The van der Waals surface area contributed by atoms with Crippen molar-refractivity contribution in [3.05, 3.63) is 66.2 Å². The first-order valence-electron chi connectivity index (χ1n) is 13.3. The van der Waals surface area contributed by atoms with Crippen LogP contribution in [0.3, 0.4) is 0 Å². The number of benzene rings is 2. The third-order valence-corrected chi connectivity index (χ3v) is 5.96. The summed E-state index contributed by atoms with van der Waals surface area (Å²) in [7, 11) is 0. The van der Waals surface area contributed by atoms with Gasteiger partial charge in [-0.05, 0) is 56.8 Å². The third-order valence-electron chi connectivity index (χ3n) is 5.96. The van der Waals surface area contributed by atoms with E-state index in [4.69, 9.17) is 15.2 Å². The number of para-hydroxylation sites is 1. The lowest BCUT2D eigenvalue weighted by atomic mass is 9.85. The summed E-state index contributed by atoms with van der Waals surface area (Å²) in [4.78, 5) is 38.7. The minimum Gasteiger partial charge on any atom is -0.461 e. The Labute approximate surface area is 232 Å². The largest absolute Gasteiger partial charge is 0.461 e. The monoisotopic (exact) mass is 541 g/mol. The summed E-state index contributed by atoms with van der Waals surface area (Å²) in [5.74, 6) is 0.309. The Morgan fingerprint density at radius 3 is 1.95 bits per heavy atom. The predicted molar refractivity (Wildman–Crippen MR) is 150 cm³/mol. The van der Waals surface area contributed by atoms with Crippen molar-refractivity contribution in [1.29, 1.82) is 0 Å². The number of amides is 2. The average Bonchev–Trinajstić information content (AvgIpc) is 2.87. The van der Waals surface area contributed by atoms with Crippen molar-refractivity contribution in [2.24, 2.45) is 11.1 Å². The first-order valence-corrected chi connectivity index (χ1v) is 13.3. The highest BCUT2D eigenvalue weighted by Crippen LogP contribution is 2.26. The van der Waals surface area contributed by atoms with Crippen LogP contribution in [-0.4, -0.2) is 66.3 Å². The Bertz CT molecular complexity index is 1030. The second kappa shape index (κ2) is 15.1. The molecule has 214 valence electrons. The number of nitrogens with two attached hydrogens (primary N) is 1. The SMILES string of the molecule is CC(C)(CCN1CCN(C(=O)OC(C)(C)C)CC1)CC(=O)OCc1ccccc1.NC(=O)Oc1ccccc1. The van der Waals surface area contributed by atoms with Crippen LogP contribution in [0.25, 0.3) is 0 Å². The molecule has 1 fully saturated rings. The van der Waals surface area contributed by atoms with Crippen LogP contribution in [0.15, 0.2) is 60.7 Å². The number of carbonyl (C=O) groups is 3. The quantitative estimate of drug-likeness (QED) is 0.455. The van der Waals surface area contributed by atoms with E-state index in [9.17, 15) is 14.4 Å². The number of hydrogen-bond donors (Lipinski definition) is 1. The molecule has 1 aliphatic rings. The van der Waals surface area contributed by atoms with Gasteiger partial charge >= 0.3 is 18.2 Å². The molecule has 2 amide bonds. The fourth-order valence-corrected chi connectivity index (χ4v) is 3.81. The van der Waals surface area contributed by atoms with Gasteiger partial charge in [0.25, 0.3) is 0 Å². The van der Waals surface area contributed by atoms with E-state index in [1.807, 2.05) is 57.2 Å². The zero-order valence-electron chi connectivity index (χ0n) is 23.9. The van der Waals surface area contributed by atoms with E-state index in [0.29, 0.717) is 31.9 Å². The average molecular weight is 542 g/mol. The third kappa shape index (κ3) is 13.7. The molecule has 0 saturated carbocycles. The van der Waals surface area contributed by atoms with Gasteiger partial charge < -0.3 is 24.8 Å². The molecule has 2 aromatic carbocycles. The summed E-state index contributed by atoms with van der Waals surface area (Å²) >= 11 is 0. The molecule has 3 rings (SSSR count). The molecule has 1 aliphatic heterocycles. The molecule has 0 spiro atoms. The van der Waals surface area contributed by atoms with Crippen LogP contribution in [0.1, 0.15) is 53.0 Å². The Morgan fingerprint density at radius 2 is 1.41 bits per heavy atom. The fourth-order valence-electron chi connectivity index (χ4n) is 3.81. The Morgan fingerprint density at radius 1 is 0.846 bits per heavy atom. The van der Waals surface area contributed by atoms with Gasteiger partial charge in [-0.15, -0.1) is 0 Å². The summed E-state index contributed by atoms with van der Waals surface area (Å²) in [6.45, 7) is 14.1. The van der Waals surface area contributed by atoms with Crippen LogP contribution in [-0.2, 0) is 20.9 Å². The number of nitrogens with zero attached hydrogens (tertiary/aromatic N) is 2. The standard InChI is InChI=1S/C23H36N2O4.C7H7NO2/c1-22(2,3)29-21(27)25-15-13-24(14-16-25)12-11-23(4,5)17-20(26)28-18-19-9-7-6-8-10-19;8-7(9)10-6-4-2-1-3-5-6/h6-10H,11-18H2,1-5H3;1-5H,(H2,8,9). The van der Waals surface area contributed by atoms with Crippen molar-refractivity contribution >= 4 is 18.2 Å². The second-order valence-electron chi connectivity index (χ2n) is 11.3. The van der Waals surface area contributed by atoms with E-state index in [1.165, 1.54) is 0 Å². The lowest BCUT2D eigenvalue weighted by molar-refractivity contribution is -0.147. The zero-order chi connectivity index (χ0) is 28.9. The number of carbonyl (C=O) groups excluding carboxylic acids is 3. The normalized spacial score (nSPS) is 14.0. The topological polar surface area (TPSA) is 111 Å². The molecule has 2 N–H and O–H groups in total. The van der Waals surface area contributed by atoms with Gasteiger partial charge in [-0.3, -0.25) is 9.69 Å². The maximum atomic E-state index is 12.2. The van der Waals surface area contributed by atoms with Crippen LogP contribution in [0.2, 0.25) is 0 Å². The highest BCUT2D eigenvalue weighted by molar-refractivity contribution is 5.70. The number of esters is 1. The van der Waals surface area contributed by atoms with Crippen LogP contribution >= 0.6 is 0 Å². The summed E-state index contributed by atoms with van der Waals surface area (Å²) in [6.07, 6.45) is 0.280. The van der Waals surface area contributed by atoms with Crippen LogP contribution in [0.4, 0.5) is 9.59 Å². The molecule has 0 unspecified atom stereocenters. The molecule has 0 bridgehead atoms. The first-order chi connectivity index (χ1) is 18.3. The van der Waals surface area contributed by atoms with Gasteiger partial charge in [0, 0.05) is 26.2 Å². The van der Waals surface area contributed by atoms with E-state index < -0.39 is 11.7 Å². The number of rotatable bonds is 8. The molecule has 1 saturated heterocycles. The summed E-state index contributed by atoms with van der Waals surface area (Å²) < 4.78 is 15.4. The van der Waals surface area contributed by atoms with Crippen molar-refractivity contribution < 1.29 is 28.6 Å². The molecule has 1 heterocycles. The van der Waals surface area contributed by atoms with Gasteiger partial charge in [0.15, 0.2) is 0 Å². The van der Waals surface area contributed by atoms with Gasteiger partial charge in [0.2, 0.25) is 0 Å². The first kappa shape index (κ1) is 31.6. The van der Waals surface area contributed by atoms with Crippen molar-refractivity contribution in [2.45, 2.75) is 59.7 Å². The maximum absolute atomic E-state index is 12.2. The van der Waals surface area contributed by atoms with Gasteiger partial charge in [0.05, 0.1) is 6.42 Å². The minimum atomic E-state index is -0.786. The molecule has 39 heavy (non-hydrogen) atoms. The van der Waals surface area contributed by atoms with Crippen molar-refractivity contribution in [3.8, 4) is 5.75 Å². The Kier molecular flexibility index (Phi) is 12.3. The molecule has 0 aliphatic carbocycles. The molecule has 0 radical (unpaired) electrons.